The van der Waals surface area contributed by atoms with Crippen LogP contribution in [-0.2, 0) is 6.54 Å². The van der Waals surface area contributed by atoms with Gasteiger partial charge >= 0.3 is 5.97 Å². The molecule has 3 aromatic heterocycles. The number of carbonyl (C=O) groups is 2. The standard InChI is InChI=1S/C17H15N5O3/c23-16(10-7-13-11(19-9-10)3-1-5-18-13)20-12-4-2-6-22-15(12)8-14(21-22)17(24)25/h1,3,5,7-9,12H,2,4,6H2,(H,20,23)(H,24,25). The summed E-state index contributed by atoms with van der Waals surface area (Å²) in [5.74, 6) is -1.34. The van der Waals surface area contributed by atoms with Gasteiger partial charge in [-0.05, 0) is 37.1 Å². The van der Waals surface area contributed by atoms with Crippen LogP contribution in [0.1, 0.15) is 45.4 Å². The molecule has 0 bridgehead atoms. The van der Waals surface area contributed by atoms with E-state index < -0.39 is 5.97 Å². The van der Waals surface area contributed by atoms with E-state index in [0.29, 0.717) is 23.3 Å². The van der Waals surface area contributed by atoms with Gasteiger partial charge in [-0.2, -0.15) is 5.10 Å². The molecule has 0 spiro atoms. The first-order chi connectivity index (χ1) is 12.1. The third-order valence-corrected chi connectivity index (χ3v) is 4.27. The zero-order valence-electron chi connectivity index (χ0n) is 13.2. The zero-order chi connectivity index (χ0) is 17.4. The Morgan fingerprint density at radius 1 is 1.24 bits per heavy atom. The van der Waals surface area contributed by atoms with Gasteiger partial charge in [0.25, 0.3) is 5.91 Å². The van der Waals surface area contributed by atoms with Crippen molar-refractivity contribution in [3.05, 3.63) is 53.6 Å². The normalized spacial score (nSPS) is 16.4. The lowest BCUT2D eigenvalue weighted by Crippen LogP contribution is -2.32. The second-order valence-corrected chi connectivity index (χ2v) is 5.92. The molecule has 8 heteroatoms. The van der Waals surface area contributed by atoms with Crippen LogP contribution in [0.15, 0.2) is 36.7 Å². The molecule has 0 fully saturated rings. The number of hydrogen-bond donors (Lipinski definition) is 2. The van der Waals surface area contributed by atoms with Crippen LogP contribution in [-0.4, -0.2) is 36.7 Å². The molecule has 8 nitrogen and oxygen atoms in total. The number of hydrogen-bond acceptors (Lipinski definition) is 5. The van der Waals surface area contributed by atoms with Crippen molar-refractivity contribution in [2.45, 2.75) is 25.4 Å². The van der Waals surface area contributed by atoms with Gasteiger partial charge in [-0.1, -0.05) is 0 Å². The fourth-order valence-electron chi connectivity index (χ4n) is 3.05. The number of aromatic nitrogens is 4. The predicted octanol–water partition coefficient (Wildman–Crippen LogP) is 1.79. The maximum Gasteiger partial charge on any atom is 0.356 e. The average Bonchev–Trinajstić information content (AvgIpc) is 3.07. The monoisotopic (exact) mass is 337 g/mol. The van der Waals surface area contributed by atoms with E-state index in [-0.39, 0.29) is 17.6 Å². The van der Waals surface area contributed by atoms with Gasteiger partial charge in [0.05, 0.1) is 28.3 Å². The Kier molecular flexibility index (Phi) is 3.64. The minimum absolute atomic E-state index is 0.00674. The van der Waals surface area contributed by atoms with E-state index in [1.807, 2.05) is 6.07 Å². The van der Waals surface area contributed by atoms with E-state index in [1.165, 1.54) is 12.3 Å². The Morgan fingerprint density at radius 3 is 2.96 bits per heavy atom. The average molecular weight is 337 g/mol. The molecule has 1 aliphatic rings. The van der Waals surface area contributed by atoms with Crippen LogP contribution in [0.2, 0.25) is 0 Å². The summed E-state index contributed by atoms with van der Waals surface area (Å²) in [5, 5.41) is 16.1. The molecule has 1 unspecified atom stereocenters. The number of nitrogens with zero attached hydrogens (tertiary/aromatic N) is 4. The van der Waals surface area contributed by atoms with Crippen molar-refractivity contribution in [2.24, 2.45) is 0 Å². The highest BCUT2D eigenvalue weighted by Crippen LogP contribution is 2.26. The number of aromatic carboxylic acids is 1. The van der Waals surface area contributed by atoms with Gasteiger partial charge in [-0.3, -0.25) is 19.4 Å². The fraction of sp³-hybridized carbons (Fsp3) is 0.235. The zero-order valence-corrected chi connectivity index (χ0v) is 13.2. The summed E-state index contributed by atoms with van der Waals surface area (Å²) in [6, 6.07) is 6.56. The number of nitrogens with one attached hydrogen (secondary N) is 1. The summed E-state index contributed by atoms with van der Waals surface area (Å²) >= 11 is 0. The van der Waals surface area contributed by atoms with Gasteiger partial charge in [-0.15, -0.1) is 0 Å². The van der Waals surface area contributed by atoms with Crippen molar-refractivity contribution in [1.82, 2.24) is 25.1 Å². The Bertz CT molecular complexity index is 981. The van der Waals surface area contributed by atoms with Crippen molar-refractivity contribution in [2.75, 3.05) is 0 Å². The van der Waals surface area contributed by atoms with Gasteiger partial charge in [0, 0.05) is 18.9 Å². The molecule has 1 atom stereocenters. The number of amides is 1. The lowest BCUT2D eigenvalue weighted by molar-refractivity contribution is 0.0689. The minimum atomic E-state index is -1.07. The molecule has 126 valence electrons. The maximum atomic E-state index is 12.6. The molecule has 1 amide bonds. The highest BCUT2D eigenvalue weighted by molar-refractivity contribution is 5.96. The number of fused-ring (bicyclic) bond motifs is 2. The van der Waals surface area contributed by atoms with E-state index in [0.717, 1.165) is 18.4 Å². The third kappa shape index (κ3) is 2.82. The summed E-state index contributed by atoms with van der Waals surface area (Å²) in [6.45, 7) is 0.649. The first-order valence-corrected chi connectivity index (χ1v) is 7.94. The fourth-order valence-corrected chi connectivity index (χ4v) is 3.05. The van der Waals surface area contributed by atoms with Crippen LogP contribution in [0.3, 0.4) is 0 Å². The Morgan fingerprint density at radius 2 is 2.12 bits per heavy atom. The molecule has 0 aromatic carbocycles. The Hall–Kier alpha value is -3.29. The molecule has 4 rings (SSSR count). The SMILES string of the molecule is O=C(NC1CCCn2nc(C(=O)O)cc21)c1cnc2cccnc2c1. The summed E-state index contributed by atoms with van der Waals surface area (Å²) in [5.41, 5.74) is 2.50. The highest BCUT2D eigenvalue weighted by Gasteiger charge is 2.26. The van der Waals surface area contributed by atoms with Crippen molar-refractivity contribution in [3.8, 4) is 0 Å². The molecule has 3 aromatic rings. The number of pyridine rings is 2. The summed E-state index contributed by atoms with van der Waals surface area (Å²) in [7, 11) is 0. The van der Waals surface area contributed by atoms with Gasteiger partial charge < -0.3 is 10.4 Å². The number of carboxylic acids is 1. The largest absolute Gasteiger partial charge is 0.476 e. The van der Waals surface area contributed by atoms with Crippen LogP contribution < -0.4 is 5.32 Å². The number of carboxylic acid groups (broad SMARTS) is 1. The predicted molar refractivity (Wildman–Crippen MR) is 88.2 cm³/mol. The molecule has 2 N–H and O–H groups in total. The second-order valence-electron chi connectivity index (χ2n) is 5.92. The molecule has 1 aliphatic heterocycles. The Balaban J connectivity index is 1.59. The topological polar surface area (TPSA) is 110 Å². The number of rotatable bonds is 3. The molecule has 4 heterocycles. The van der Waals surface area contributed by atoms with E-state index in [9.17, 15) is 9.59 Å². The number of aryl methyl sites for hydroxylation is 1. The van der Waals surface area contributed by atoms with Crippen molar-refractivity contribution >= 4 is 22.9 Å². The summed E-state index contributed by atoms with van der Waals surface area (Å²) in [4.78, 5) is 32.2. The van der Waals surface area contributed by atoms with Crippen LogP contribution in [0.5, 0.6) is 0 Å². The van der Waals surface area contributed by atoms with Crippen LogP contribution in [0.25, 0.3) is 11.0 Å². The molecular weight excluding hydrogens is 322 g/mol. The quantitative estimate of drug-likeness (QED) is 0.754. The van der Waals surface area contributed by atoms with Gasteiger partial charge in [0.2, 0.25) is 0 Å². The molecule has 0 saturated carbocycles. The summed E-state index contributed by atoms with van der Waals surface area (Å²) < 4.78 is 1.65. The Labute approximate surface area is 142 Å². The second kappa shape index (κ2) is 5.97. The van der Waals surface area contributed by atoms with E-state index in [4.69, 9.17) is 5.11 Å². The molecule has 0 saturated heterocycles. The van der Waals surface area contributed by atoms with E-state index >= 15 is 0 Å². The van der Waals surface area contributed by atoms with Gasteiger partial charge in [-0.25, -0.2) is 4.79 Å². The van der Waals surface area contributed by atoms with Crippen molar-refractivity contribution in [3.63, 3.8) is 0 Å². The maximum absolute atomic E-state index is 12.6. The van der Waals surface area contributed by atoms with Crippen molar-refractivity contribution < 1.29 is 14.7 Å². The minimum Gasteiger partial charge on any atom is -0.476 e. The van der Waals surface area contributed by atoms with Gasteiger partial charge in [0.1, 0.15) is 0 Å². The van der Waals surface area contributed by atoms with Crippen LogP contribution in [0.4, 0.5) is 0 Å². The van der Waals surface area contributed by atoms with E-state index in [2.05, 4.69) is 20.4 Å². The lowest BCUT2D eigenvalue weighted by atomic mass is 10.0. The van der Waals surface area contributed by atoms with Crippen LogP contribution >= 0.6 is 0 Å². The van der Waals surface area contributed by atoms with Crippen molar-refractivity contribution in [1.29, 1.82) is 0 Å². The summed E-state index contributed by atoms with van der Waals surface area (Å²) in [6.07, 6.45) is 4.72. The first-order valence-electron chi connectivity index (χ1n) is 7.94. The van der Waals surface area contributed by atoms with Gasteiger partial charge in [0.15, 0.2) is 5.69 Å². The highest BCUT2D eigenvalue weighted by atomic mass is 16.4. The number of carbonyl (C=O) groups excluding carboxylic acids is 1. The van der Waals surface area contributed by atoms with E-state index in [1.54, 1.807) is 23.0 Å². The van der Waals surface area contributed by atoms with Crippen LogP contribution in [0, 0.1) is 0 Å². The molecule has 25 heavy (non-hydrogen) atoms. The third-order valence-electron chi connectivity index (χ3n) is 4.27. The lowest BCUT2D eigenvalue weighted by Gasteiger charge is -2.24. The smallest absolute Gasteiger partial charge is 0.356 e. The first kappa shape index (κ1) is 15.3. The molecule has 0 radical (unpaired) electrons. The molecular formula is C17H15N5O3. The molecule has 0 aliphatic carbocycles.